The summed E-state index contributed by atoms with van der Waals surface area (Å²) in [7, 11) is 3.37. The molecular formula is C22H29N3O2. The van der Waals surface area contributed by atoms with Gasteiger partial charge in [-0.15, -0.1) is 0 Å². The molecule has 0 N–H and O–H groups in total. The summed E-state index contributed by atoms with van der Waals surface area (Å²) in [6, 6.07) is 13.3. The van der Waals surface area contributed by atoms with Crippen molar-refractivity contribution < 1.29 is 9.47 Å². The Morgan fingerprint density at radius 1 is 0.963 bits per heavy atom. The Kier molecular flexibility index (Phi) is 5.60. The second kappa shape index (κ2) is 8.28. The van der Waals surface area contributed by atoms with Crippen LogP contribution in [0.25, 0.3) is 0 Å². The lowest BCUT2D eigenvalue weighted by molar-refractivity contribution is 0.120. The smallest absolute Gasteiger partial charge is 0.183 e. The number of ether oxygens (including phenoxy) is 2. The minimum absolute atomic E-state index is 0.574. The van der Waals surface area contributed by atoms with E-state index < -0.39 is 0 Å². The van der Waals surface area contributed by atoms with E-state index >= 15 is 0 Å². The van der Waals surface area contributed by atoms with Gasteiger partial charge >= 0.3 is 0 Å². The highest BCUT2D eigenvalue weighted by Crippen LogP contribution is 2.34. The largest absolute Gasteiger partial charge is 0.493 e. The first-order valence-electron chi connectivity index (χ1n) is 9.83. The SMILES string of the molecule is COc1ccnc(CN2C[C@H]3CC[C@@H]2CN(Cc2ccccc2)C3)c1OC. The van der Waals surface area contributed by atoms with Crippen LogP contribution in [0.2, 0.25) is 0 Å². The van der Waals surface area contributed by atoms with Crippen LogP contribution in [-0.2, 0) is 13.1 Å². The van der Waals surface area contributed by atoms with Gasteiger partial charge in [-0.25, -0.2) is 0 Å². The molecule has 3 aliphatic rings. The molecule has 0 aliphatic carbocycles. The maximum atomic E-state index is 5.60. The molecule has 0 radical (unpaired) electrons. The summed E-state index contributed by atoms with van der Waals surface area (Å²) in [5, 5.41) is 0. The topological polar surface area (TPSA) is 37.8 Å². The number of hydrogen-bond acceptors (Lipinski definition) is 5. The Hall–Kier alpha value is -2.11. The van der Waals surface area contributed by atoms with Crippen molar-refractivity contribution >= 4 is 0 Å². The zero-order valence-corrected chi connectivity index (χ0v) is 16.3. The van der Waals surface area contributed by atoms with E-state index in [1.165, 1.54) is 24.9 Å². The Morgan fingerprint density at radius 3 is 2.59 bits per heavy atom. The van der Waals surface area contributed by atoms with Crippen LogP contribution < -0.4 is 9.47 Å². The van der Waals surface area contributed by atoms with E-state index in [-0.39, 0.29) is 0 Å². The molecule has 3 saturated heterocycles. The molecule has 2 aromatic rings. The fourth-order valence-electron chi connectivity index (χ4n) is 4.60. The number of fused-ring (bicyclic) bond motifs is 4. The number of pyridine rings is 1. The van der Waals surface area contributed by atoms with E-state index in [1.54, 1.807) is 14.2 Å². The van der Waals surface area contributed by atoms with Crippen LogP contribution >= 0.6 is 0 Å². The average Bonchev–Trinajstić information content (AvgIpc) is 2.99. The summed E-state index contributed by atoms with van der Waals surface area (Å²) in [6.07, 6.45) is 4.41. The third-order valence-electron chi connectivity index (χ3n) is 5.87. The third kappa shape index (κ3) is 4.09. The Balaban J connectivity index is 1.48. The first-order chi connectivity index (χ1) is 13.3. The number of benzene rings is 1. The van der Waals surface area contributed by atoms with Crippen LogP contribution in [-0.4, -0.2) is 54.7 Å². The highest BCUT2D eigenvalue weighted by atomic mass is 16.5. The maximum absolute atomic E-state index is 5.60. The summed E-state index contributed by atoms with van der Waals surface area (Å²) in [6.45, 7) is 5.31. The normalized spacial score (nSPS) is 23.2. The number of methoxy groups -OCH3 is 2. The van der Waals surface area contributed by atoms with E-state index in [2.05, 4.69) is 45.1 Å². The molecule has 0 spiro atoms. The van der Waals surface area contributed by atoms with E-state index in [4.69, 9.17) is 9.47 Å². The van der Waals surface area contributed by atoms with E-state index in [1.807, 2.05) is 12.3 Å². The molecule has 144 valence electrons. The van der Waals surface area contributed by atoms with Gasteiger partial charge in [0.1, 0.15) is 5.69 Å². The maximum Gasteiger partial charge on any atom is 0.183 e. The summed E-state index contributed by atoms with van der Waals surface area (Å²) in [5.74, 6) is 2.25. The number of nitrogens with zero attached hydrogens (tertiary/aromatic N) is 3. The second-order valence-electron chi connectivity index (χ2n) is 7.70. The molecule has 0 amide bonds. The van der Waals surface area contributed by atoms with Crippen molar-refractivity contribution in [1.29, 1.82) is 0 Å². The van der Waals surface area contributed by atoms with E-state index in [0.717, 1.165) is 49.3 Å². The zero-order chi connectivity index (χ0) is 18.6. The first kappa shape index (κ1) is 18.3. The number of piperidine rings is 1. The number of hydrogen-bond donors (Lipinski definition) is 0. The van der Waals surface area contributed by atoms with Crippen LogP contribution in [0.15, 0.2) is 42.6 Å². The number of rotatable bonds is 6. The first-order valence-corrected chi connectivity index (χ1v) is 9.83. The van der Waals surface area contributed by atoms with Gasteiger partial charge in [0.15, 0.2) is 11.5 Å². The van der Waals surface area contributed by atoms with Gasteiger partial charge in [0.2, 0.25) is 0 Å². The second-order valence-corrected chi connectivity index (χ2v) is 7.70. The Morgan fingerprint density at radius 2 is 1.81 bits per heavy atom. The van der Waals surface area contributed by atoms with E-state index in [9.17, 15) is 0 Å². The molecule has 3 fully saturated rings. The molecule has 2 bridgehead atoms. The predicted octanol–water partition coefficient (Wildman–Crippen LogP) is 3.20. The molecule has 1 aromatic carbocycles. The zero-order valence-electron chi connectivity index (χ0n) is 16.3. The lowest BCUT2D eigenvalue weighted by Gasteiger charge is -2.36. The van der Waals surface area contributed by atoms with Crippen LogP contribution in [0.3, 0.4) is 0 Å². The van der Waals surface area contributed by atoms with Crippen molar-refractivity contribution in [1.82, 2.24) is 14.8 Å². The molecule has 3 aliphatic heterocycles. The minimum Gasteiger partial charge on any atom is -0.493 e. The molecule has 0 unspecified atom stereocenters. The molecule has 2 atom stereocenters. The Bertz CT molecular complexity index is 752. The molecule has 5 rings (SSSR count). The monoisotopic (exact) mass is 367 g/mol. The van der Waals surface area contributed by atoms with Crippen LogP contribution in [0.5, 0.6) is 11.5 Å². The molecular weight excluding hydrogens is 338 g/mol. The lowest BCUT2D eigenvalue weighted by Crippen LogP contribution is -2.43. The van der Waals surface area contributed by atoms with Gasteiger partial charge < -0.3 is 9.47 Å². The molecule has 1 aromatic heterocycles. The van der Waals surface area contributed by atoms with E-state index in [0.29, 0.717) is 6.04 Å². The molecule has 0 saturated carbocycles. The van der Waals surface area contributed by atoms with Crippen molar-refractivity contribution in [3.63, 3.8) is 0 Å². The predicted molar refractivity (Wildman–Crippen MR) is 106 cm³/mol. The van der Waals surface area contributed by atoms with Crippen molar-refractivity contribution in [2.24, 2.45) is 5.92 Å². The number of aromatic nitrogens is 1. The van der Waals surface area contributed by atoms with Gasteiger partial charge in [0.05, 0.1) is 14.2 Å². The van der Waals surface area contributed by atoms with Crippen LogP contribution in [0, 0.1) is 5.92 Å². The van der Waals surface area contributed by atoms with Gasteiger partial charge in [0, 0.05) is 51.0 Å². The standard InChI is InChI=1S/C22H29N3O2/c1-26-21-10-11-23-20(22(21)27-2)16-25-14-18-8-9-19(25)15-24(13-18)12-17-6-4-3-5-7-17/h3-7,10-11,18-19H,8-9,12-16H2,1-2H3/t18-,19+/m0/s1. The summed E-state index contributed by atoms with van der Waals surface area (Å²) >= 11 is 0. The molecule has 27 heavy (non-hydrogen) atoms. The van der Waals surface area contributed by atoms with Gasteiger partial charge in [-0.05, 0) is 24.3 Å². The lowest BCUT2D eigenvalue weighted by atomic mass is 9.95. The van der Waals surface area contributed by atoms with Crippen molar-refractivity contribution in [2.75, 3.05) is 33.9 Å². The van der Waals surface area contributed by atoms with Gasteiger partial charge in [0.25, 0.3) is 0 Å². The van der Waals surface area contributed by atoms with Crippen LogP contribution in [0.1, 0.15) is 24.1 Å². The quantitative estimate of drug-likeness (QED) is 0.784. The summed E-state index contributed by atoms with van der Waals surface area (Å²) < 4.78 is 11.0. The fourth-order valence-corrected chi connectivity index (χ4v) is 4.60. The van der Waals surface area contributed by atoms with Crippen molar-refractivity contribution in [2.45, 2.75) is 32.0 Å². The molecule has 5 heteroatoms. The fraction of sp³-hybridized carbons (Fsp3) is 0.500. The van der Waals surface area contributed by atoms with Crippen LogP contribution in [0.4, 0.5) is 0 Å². The van der Waals surface area contributed by atoms with Crippen molar-refractivity contribution in [3.05, 3.63) is 53.9 Å². The molecule has 5 nitrogen and oxygen atoms in total. The van der Waals surface area contributed by atoms with Gasteiger partial charge in [-0.1, -0.05) is 30.3 Å². The average molecular weight is 367 g/mol. The minimum atomic E-state index is 0.574. The molecule has 4 heterocycles. The summed E-state index contributed by atoms with van der Waals surface area (Å²) in [5.41, 5.74) is 2.38. The highest BCUT2D eigenvalue weighted by molar-refractivity contribution is 5.42. The third-order valence-corrected chi connectivity index (χ3v) is 5.87. The van der Waals surface area contributed by atoms with Gasteiger partial charge in [-0.3, -0.25) is 14.8 Å². The van der Waals surface area contributed by atoms with Crippen molar-refractivity contribution in [3.8, 4) is 11.5 Å². The summed E-state index contributed by atoms with van der Waals surface area (Å²) in [4.78, 5) is 9.83. The highest BCUT2D eigenvalue weighted by Gasteiger charge is 2.35. The Labute approximate surface area is 161 Å². The van der Waals surface area contributed by atoms with Gasteiger partial charge in [-0.2, -0.15) is 0 Å².